The van der Waals surface area contributed by atoms with Gasteiger partial charge < -0.3 is 10.2 Å². The van der Waals surface area contributed by atoms with Gasteiger partial charge in [-0.3, -0.25) is 9.59 Å². The molecule has 0 saturated carbocycles. The largest absolute Gasteiger partial charge is 0.338 e. The lowest BCUT2D eigenvalue weighted by atomic mass is 9.91. The zero-order chi connectivity index (χ0) is 19.9. The van der Waals surface area contributed by atoms with Gasteiger partial charge in [-0.2, -0.15) is 0 Å². The Bertz CT molecular complexity index is 782. The van der Waals surface area contributed by atoms with Gasteiger partial charge in [0.1, 0.15) is 0 Å². The summed E-state index contributed by atoms with van der Waals surface area (Å²) in [5.74, 6) is 2.39. The maximum Gasteiger partial charge on any atom is 0.253 e. The quantitative estimate of drug-likeness (QED) is 0.771. The number of piperidine rings is 1. The second-order valence-corrected chi connectivity index (χ2v) is 8.75. The van der Waals surface area contributed by atoms with Crippen LogP contribution in [0.5, 0.6) is 0 Å². The second-order valence-electron chi connectivity index (χ2n) is 7.76. The minimum atomic E-state index is -0.00339. The lowest BCUT2D eigenvalue weighted by molar-refractivity contribution is -0.113. The number of anilines is 1. The Kier molecular flexibility index (Phi) is 7.15. The number of amides is 2. The van der Waals surface area contributed by atoms with Crippen molar-refractivity contribution in [2.45, 2.75) is 26.0 Å². The van der Waals surface area contributed by atoms with Crippen molar-refractivity contribution in [3.8, 4) is 0 Å². The molecule has 3 rings (SSSR count). The number of likely N-dealkylation sites (tertiary alicyclic amines) is 1. The average Bonchev–Trinajstić information content (AvgIpc) is 2.68. The lowest BCUT2D eigenvalue weighted by Crippen LogP contribution is -2.42. The third kappa shape index (κ3) is 5.86. The Hall–Kier alpha value is -2.27. The van der Waals surface area contributed by atoms with Crippen LogP contribution in [-0.4, -0.2) is 35.6 Å². The number of nitrogens with zero attached hydrogens (tertiary/aromatic N) is 1. The summed E-state index contributed by atoms with van der Waals surface area (Å²) in [6.07, 6.45) is 1.19. The molecule has 4 nitrogen and oxygen atoms in total. The van der Waals surface area contributed by atoms with E-state index >= 15 is 0 Å². The van der Waals surface area contributed by atoms with Crippen molar-refractivity contribution in [1.82, 2.24) is 4.90 Å². The highest BCUT2D eigenvalue weighted by Crippen LogP contribution is 2.23. The summed E-state index contributed by atoms with van der Waals surface area (Å²) in [5.41, 5.74) is 2.68. The Morgan fingerprint density at radius 3 is 2.29 bits per heavy atom. The highest BCUT2D eigenvalue weighted by molar-refractivity contribution is 7.99. The van der Waals surface area contributed by atoms with Gasteiger partial charge >= 0.3 is 0 Å². The number of hydrogen-bond acceptors (Lipinski definition) is 3. The van der Waals surface area contributed by atoms with E-state index in [-0.39, 0.29) is 11.8 Å². The van der Waals surface area contributed by atoms with Crippen molar-refractivity contribution in [1.29, 1.82) is 0 Å². The van der Waals surface area contributed by atoms with Crippen molar-refractivity contribution >= 4 is 29.3 Å². The van der Waals surface area contributed by atoms with Crippen molar-refractivity contribution in [3.63, 3.8) is 0 Å². The molecule has 1 aliphatic heterocycles. The van der Waals surface area contributed by atoms with E-state index in [1.807, 2.05) is 59.5 Å². The molecule has 0 aromatic heterocycles. The molecule has 0 radical (unpaired) electrons. The van der Waals surface area contributed by atoms with Crippen molar-refractivity contribution in [2.24, 2.45) is 11.8 Å². The highest BCUT2D eigenvalue weighted by Gasteiger charge is 2.25. The van der Waals surface area contributed by atoms with Crippen LogP contribution in [0.2, 0.25) is 0 Å². The Morgan fingerprint density at radius 1 is 1.00 bits per heavy atom. The smallest absolute Gasteiger partial charge is 0.253 e. The SMILES string of the molecule is CC1CC(C)CN(C(=O)c2ccc(CSCC(=O)Nc3ccccc3)cc2)C1. The second kappa shape index (κ2) is 9.78. The van der Waals surface area contributed by atoms with Crippen LogP contribution >= 0.6 is 11.8 Å². The molecule has 2 aromatic carbocycles. The number of thioether (sulfide) groups is 1. The molecule has 1 aliphatic rings. The molecule has 28 heavy (non-hydrogen) atoms. The predicted octanol–water partition coefficient (Wildman–Crippen LogP) is 4.68. The van der Waals surface area contributed by atoms with E-state index in [4.69, 9.17) is 0 Å². The number of hydrogen-bond donors (Lipinski definition) is 1. The Morgan fingerprint density at radius 2 is 1.64 bits per heavy atom. The normalized spacial score (nSPS) is 19.3. The molecule has 1 heterocycles. The van der Waals surface area contributed by atoms with E-state index < -0.39 is 0 Å². The fraction of sp³-hybridized carbons (Fsp3) is 0.391. The molecule has 0 spiro atoms. The molecule has 2 aromatic rings. The van der Waals surface area contributed by atoms with Gasteiger partial charge in [0.2, 0.25) is 5.91 Å². The number of benzene rings is 2. The molecule has 0 aliphatic carbocycles. The number of para-hydroxylation sites is 1. The first kappa shape index (κ1) is 20.5. The van der Waals surface area contributed by atoms with Crippen LogP contribution in [0.1, 0.15) is 36.2 Å². The molecular weight excluding hydrogens is 368 g/mol. The first-order chi connectivity index (χ1) is 13.5. The van der Waals surface area contributed by atoms with E-state index in [0.717, 1.165) is 35.7 Å². The average molecular weight is 397 g/mol. The minimum Gasteiger partial charge on any atom is -0.338 e. The maximum atomic E-state index is 12.7. The first-order valence-corrected chi connectivity index (χ1v) is 11.0. The van der Waals surface area contributed by atoms with Gasteiger partial charge in [-0.25, -0.2) is 0 Å². The summed E-state index contributed by atoms with van der Waals surface area (Å²) in [5, 5.41) is 2.89. The van der Waals surface area contributed by atoms with Crippen molar-refractivity contribution < 1.29 is 9.59 Å². The molecule has 0 bridgehead atoms. The molecule has 148 valence electrons. The molecule has 1 N–H and O–H groups in total. The maximum absolute atomic E-state index is 12.7. The topological polar surface area (TPSA) is 49.4 Å². The molecule has 1 saturated heterocycles. The van der Waals surface area contributed by atoms with Crippen LogP contribution in [0.3, 0.4) is 0 Å². The van der Waals surface area contributed by atoms with Gasteiger partial charge in [0.25, 0.3) is 5.91 Å². The molecule has 2 atom stereocenters. The van der Waals surface area contributed by atoms with Gasteiger partial charge in [-0.15, -0.1) is 11.8 Å². The summed E-state index contributed by atoms with van der Waals surface area (Å²) in [4.78, 5) is 26.7. The standard InChI is InChI=1S/C23H28N2O2S/c1-17-12-18(2)14-25(13-17)23(27)20-10-8-19(9-11-20)15-28-16-22(26)24-21-6-4-3-5-7-21/h3-11,17-18H,12-16H2,1-2H3,(H,24,26). The highest BCUT2D eigenvalue weighted by atomic mass is 32.2. The minimum absolute atomic E-state index is 0.00339. The van der Waals surface area contributed by atoms with Crippen LogP contribution in [-0.2, 0) is 10.5 Å². The van der Waals surface area contributed by atoms with Crippen LogP contribution < -0.4 is 5.32 Å². The van der Waals surface area contributed by atoms with E-state index in [0.29, 0.717) is 17.6 Å². The molecule has 2 amide bonds. The summed E-state index contributed by atoms with van der Waals surface area (Å²) < 4.78 is 0. The number of carbonyl (C=O) groups is 2. The summed E-state index contributed by atoms with van der Waals surface area (Å²) in [6.45, 7) is 6.11. The van der Waals surface area contributed by atoms with Crippen LogP contribution in [0.4, 0.5) is 5.69 Å². The van der Waals surface area contributed by atoms with E-state index in [9.17, 15) is 9.59 Å². The molecule has 2 unspecified atom stereocenters. The Labute approximate surface area is 171 Å². The van der Waals surface area contributed by atoms with Gasteiger partial charge in [0.15, 0.2) is 0 Å². The summed E-state index contributed by atoms with van der Waals surface area (Å²) in [7, 11) is 0. The molecular formula is C23H28N2O2S. The van der Waals surface area contributed by atoms with Crippen LogP contribution in [0.25, 0.3) is 0 Å². The predicted molar refractivity (Wildman–Crippen MR) is 117 cm³/mol. The van der Waals surface area contributed by atoms with Gasteiger partial charge in [0.05, 0.1) is 5.75 Å². The van der Waals surface area contributed by atoms with Gasteiger partial charge in [0, 0.05) is 30.1 Å². The fourth-order valence-corrected chi connectivity index (χ4v) is 4.52. The molecule has 1 fully saturated rings. The monoisotopic (exact) mass is 396 g/mol. The molecule has 5 heteroatoms. The summed E-state index contributed by atoms with van der Waals surface area (Å²) in [6, 6.07) is 17.3. The van der Waals surface area contributed by atoms with Crippen LogP contribution in [0, 0.1) is 11.8 Å². The number of carbonyl (C=O) groups excluding carboxylic acids is 2. The fourth-order valence-electron chi connectivity index (χ4n) is 3.74. The Balaban J connectivity index is 1.46. The number of rotatable bonds is 6. The van der Waals surface area contributed by atoms with Crippen molar-refractivity contribution in [2.75, 3.05) is 24.2 Å². The van der Waals surface area contributed by atoms with Crippen LogP contribution in [0.15, 0.2) is 54.6 Å². The van der Waals surface area contributed by atoms with Crippen molar-refractivity contribution in [3.05, 3.63) is 65.7 Å². The van der Waals surface area contributed by atoms with E-state index in [1.165, 1.54) is 6.42 Å². The third-order valence-corrected chi connectivity index (χ3v) is 5.92. The lowest BCUT2D eigenvalue weighted by Gasteiger charge is -2.35. The zero-order valence-electron chi connectivity index (χ0n) is 16.6. The first-order valence-electron chi connectivity index (χ1n) is 9.82. The van der Waals surface area contributed by atoms with Gasteiger partial charge in [-0.1, -0.05) is 44.2 Å². The van der Waals surface area contributed by atoms with E-state index in [1.54, 1.807) is 11.8 Å². The van der Waals surface area contributed by atoms with E-state index in [2.05, 4.69) is 19.2 Å². The zero-order valence-corrected chi connectivity index (χ0v) is 17.4. The third-order valence-electron chi connectivity index (χ3n) is 4.92. The number of nitrogens with one attached hydrogen (secondary N) is 1. The summed E-state index contributed by atoms with van der Waals surface area (Å²) >= 11 is 1.57. The van der Waals surface area contributed by atoms with Gasteiger partial charge in [-0.05, 0) is 48.1 Å².